The van der Waals surface area contributed by atoms with E-state index in [-0.39, 0.29) is 18.0 Å². The summed E-state index contributed by atoms with van der Waals surface area (Å²) in [6.07, 6.45) is 0.888. The second kappa shape index (κ2) is 4.73. The summed E-state index contributed by atoms with van der Waals surface area (Å²) in [5, 5.41) is 3.04. The number of rotatable bonds is 3. The van der Waals surface area contributed by atoms with Gasteiger partial charge in [-0.15, -0.1) is 11.3 Å². The fraction of sp³-hybridized carbons (Fsp3) is 0.545. The average molecular weight is 259 g/mol. The largest absolute Gasteiger partial charge is 0.334 e. The first-order chi connectivity index (χ1) is 7.63. The molecule has 3 nitrogen and oxygen atoms in total. The summed E-state index contributed by atoms with van der Waals surface area (Å²) in [6, 6.07) is 3.99. The third-order valence-corrected chi connectivity index (χ3v) is 4.46. The maximum Gasteiger partial charge on any atom is 0.240 e. The fourth-order valence-electron chi connectivity index (χ4n) is 2.06. The number of hydrogen-bond donors (Lipinski definition) is 1. The molecule has 1 saturated heterocycles. The molecular formula is C11H15ClN2OS. The van der Waals surface area contributed by atoms with Crippen LogP contribution in [-0.4, -0.2) is 30.4 Å². The van der Waals surface area contributed by atoms with Gasteiger partial charge in [-0.1, -0.05) is 11.6 Å². The Morgan fingerprint density at radius 3 is 2.88 bits per heavy atom. The van der Waals surface area contributed by atoms with Gasteiger partial charge in [-0.3, -0.25) is 4.79 Å². The number of thiophene rings is 1. The van der Waals surface area contributed by atoms with Gasteiger partial charge >= 0.3 is 0 Å². The standard InChI is InChI=1S/C11H15ClN2OS/c1-7(9-3-4-10(12)16-9)14-6-5-8(13-2)11(14)15/h3-4,7-8,13H,5-6H2,1-2H3. The molecule has 1 aliphatic heterocycles. The molecule has 2 unspecified atom stereocenters. The Balaban J connectivity index is 2.11. The third-order valence-electron chi connectivity index (χ3n) is 3.06. The Morgan fingerprint density at radius 2 is 2.38 bits per heavy atom. The number of nitrogens with one attached hydrogen (secondary N) is 1. The number of hydrogen-bond acceptors (Lipinski definition) is 3. The van der Waals surface area contributed by atoms with E-state index >= 15 is 0 Å². The van der Waals surface area contributed by atoms with Crippen LogP contribution < -0.4 is 5.32 Å². The average Bonchev–Trinajstić information content (AvgIpc) is 2.84. The molecule has 0 saturated carbocycles. The summed E-state index contributed by atoms with van der Waals surface area (Å²) < 4.78 is 0.777. The van der Waals surface area contributed by atoms with Crippen LogP contribution in [0.15, 0.2) is 12.1 Å². The lowest BCUT2D eigenvalue weighted by molar-refractivity contribution is -0.131. The van der Waals surface area contributed by atoms with Crippen molar-refractivity contribution in [3.8, 4) is 0 Å². The number of likely N-dealkylation sites (N-methyl/N-ethyl adjacent to an activating group) is 1. The molecule has 0 spiro atoms. The number of amides is 1. The summed E-state index contributed by atoms with van der Waals surface area (Å²) in [6.45, 7) is 2.87. The maximum absolute atomic E-state index is 12.0. The minimum atomic E-state index is -0.0158. The van der Waals surface area contributed by atoms with E-state index in [2.05, 4.69) is 12.2 Å². The molecule has 5 heteroatoms. The topological polar surface area (TPSA) is 32.3 Å². The van der Waals surface area contributed by atoms with Crippen LogP contribution in [0.4, 0.5) is 0 Å². The minimum Gasteiger partial charge on any atom is -0.334 e. The lowest BCUT2D eigenvalue weighted by atomic mass is 10.2. The van der Waals surface area contributed by atoms with Crippen molar-refractivity contribution >= 4 is 28.8 Å². The Morgan fingerprint density at radius 1 is 1.62 bits per heavy atom. The first-order valence-electron chi connectivity index (χ1n) is 5.36. The van der Waals surface area contributed by atoms with E-state index in [1.807, 2.05) is 24.1 Å². The lowest BCUT2D eigenvalue weighted by Gasteiger charge is -2.23. The molecule has 16 heavy (non-hydrogen) atoms. The molecule has 2 heterocycles. The number of halogens is 1. The van der Waals surface area contributed by atoms with E-state index in [4.69, 9.17) is 11.6 Å². The van der Waals surface area contributed by atoms with Gasteiger partial charge in [-0.05, 0) is 32.5 Å². The molecular weight excluding hydrogens is 244 g/mol. The fourth-order valence-corrected chi connectivity index (χ4v) is 3.19. The van der Waals surface area contributed by atoms with Crippen molar-refractivity contribution in [2.45, 2.75) is 25.4 Å². The van der Waals surface area contributed by atoms with Gasteiger partial charge in [-0.2, -0.15) is 0 Å². The van der Waals surface area contributed by atoms with E-state index in [9.17, 15) is 4.79 Å². The molecule has 0 aromatic carbocycles. The molecule has 1 aromatic rings. The molecule has 0 radical (unpaired) electrons. The summed E-state index contributed by atoms with van der Waals surface area (Å²) in [5.41, 5.74) is 0. The van der Waals surface area contributed by atoms with Crippen LogP contribution in [0.25, 0.3) is 0 Å². The van der Waals surface area contributed by atoms with E-state index in [0.29, 0.717) is 0 Å². The predicted octanol–water partition coefficient (Wildman–Crippen LogP) is 2.28. The SMILES string of the molecule is CNC1CCN(C(C)c2ccc(Cl)s2)C1=O. The molecule has 1 aliphatic rings. The molecule has 1 aromatic heterocycles. The molecule has 1 N–H and O–H groups in total. The Hall–Kier alpha value is -0.580. The third kappa shape index (κ3) is 2.10. The van der Waals surface area contributed by atoms with Crippen LogP contribution in [0.5, 0.6) is 0 Å². The number of nitrogens with zero attached hydrogens (tertiary/aromatic N) is 1. The van der Waals surface area contributed by atoms with Crippen LogP contribution in [0.1, 0.15) is 24.3 Å². The number of carbonyl (C=O) groups is 1. The first kappa shape index (κ1) is 11.9. The van der Waals surface area contributed by atoms with Crippen molar-refractivity contribution in [2.75, 3.05) is 13.6 Å². The highest BCUT2D eigenvalue weighted by atomic mass is 35.5. The van der Waals surface area contributed by atoms with E-state index in [1.54, 1.807) is 11.3 Å². The molecule has 88 valence electrons. The molecule has 0 bridgehead atoms. The van der Waals surface area contributed by atoms with Gasteiger partial charge in [0.25, 0.3) is 0 Å². The van der Waals surface area contributed by atoms with Crippen molar-refractivity contribution < 1.29 is 4.79 Å². The van der Waals surface area contributed by atoms with Gasteiger partial charge in [0, 0.05) is 11.4 Å². The Kier molecular flexibility index (Phi) is 3.52. The van der Waals surface area contributed by atoms with Gasteiger partial charge in [0.05, 0.1) is 16.4 Å². The molecule has 1 amide bonds. The first-order valence-corrected chi connectivity index (χ1v) is 6.56. The second-order valence-electron chi connectivity index (χ2n) is 3.98. The Labute approximate surface area is 104 Å². The lowest BCUT2D eigenvalue weighted by Crippen LogP contribution is -2.37. The quantitative estimate of drug-likeness (QED) is 0.902. The summed E-state index contributed by atoms with van der Waals surface area (Å²) in [5.74, 6) is 0.194. The van der Waals surface area contributed by atoms with Crippen LogP contribution >= 0.6 is 22.9 Å². The smallest absolute Gasteiger partial charge is 0.240 e. The van der Waals surface area contributed by atoms with Crippen molar-refractivity contribution in [2.24, 2.45) is 0 Å². The van der Waals surface area contributed by atoms with Gasteiger partial charge in [0.2, 0.25) is 5.91 Å². The van der Waals surface area contributed by atoms with Crippen LogP contribution in [0, 0.1) is 0 Å². The van der Waals surface area contributed by atoms with Gasteiger partial charge < -0.3 is 10.2 Å². The monoisotopic (exact) mass is 258 g/mol. The van der Waals surface area contributed by atoms with E-state index in [0.717, 1.165) is 22.2 Å². The normalized spacial score (nSPS) is 22.8. The molecule has 0 aliphatic carbocycles. The zero-order valence-corrected chi connectivity index (χ0v) is 10.9. The van der Waals surface area contributed by atoms with Crippen molar-refractivity contribution in [3.63, 3.8) is 0 Å². The summed E-state index contributed by atoms with van der Waals surface area (Å²) in [7, 11) is 1.83. The zero-order chi connectivity index (χ0) is 11.7. The van der Waals surface area contributed by atoms with Gasteiger partial charge in [0.1, 0.15) is 0 Å². The van der Waals surface area contributed by atoms with E-state index in [1.165, 1.54) is 0 Å². The van der Waals surface area contributed by atoms with Gasteiger partial charge in [0.15, 0.2) is 0 Å². The van der Waals surface area contributed by atoms with Crippen LogP contribution in [-0.2, 0) is 4.79 Å². The Bertz CT molecular complexity index is 393. The highest BCUT2D eigenvalue weighted by Crippen LogP contribution is 2.32. The van der Waals surface area contributed by atoms with Crippen LogP contribution in [0.2, 0.25) is 4.34 Å². The minimum absolute atomic E-state index is 0.0158. The predicted molar refractivity (Wildman–Crippen MR) is 66.9 cm³/mol. The van der Waals surface area contributed by atoms with Crippen molar-refractivity contribution in [1.29, 1.82) is 0 Å². The van der Waals surface area contributed by atoms with Crippen molar-refractivity contribution in [1.82, 2.24) is 10.2 Å². The summed E-state index contributed by atoms with van der Waals surface area (Å²) in [4.78, 5) is 15.1. The maximum atomic E-state index is 12.0. The zero-order valence-electron chi connectivity index (χ0n) is 9.37. The second-order valence-corrected chi connectivity index (χ2v) is 5.73. The number of likely N-dealkylation sites (tertiary alicyclic amines) is 1. The highest BCUT2D eigenvalue weighted by molar-refractivity contribution is 7.16. The highest BCUT2D eigenvalue weighted by Gasteiger charge is 2.34. The summed E-state index contributed by atoms with van der Waals surface area (Å²) >= 11 is 7.45. The van der Waals surface area contributed by atoms with Gasteiger partial charge in [-0.25, -0.2) is 0 Å². The number of carbonyl (C=O) groups excluding carboxylic acids is 1. The van der Waals surface area contributed by atoms with Crippen molar-refractivity contribution in [3.05, 3.63) is 21.3 Å². The molecule has 2 atom stereocenters. The molecule has 1 fully saturated rings. The molecule has 2 rings (SSSR count). The van der Waals surface area contributed by atoms with E-state index < -0.39 is 0 Å². The van der Waals surface area contributed by atoms with Crippen LogP contribution in [0.3, 0.4) is 0 Å².